The van der Waals surface area contributed by atoms with E-state index in [2.05, 4.69) is 15.9 Å². The van der Waals surface area contributed by atoms with E-state index in [1.54, 1.807) is 23.6 Å². The van der Waals surface area contributed by atoms with Gasteiger partial charge in [0.05, 0.1) is 33.7 Å². The molecule has 0 saturated heterocycles. The highest BCUT2D eigenvalue weighted by molar-refractivity contribution is 9.10. The van der Waals surface area contributed by atoms with Crippen LogP contribution in [-0.2, 0) is 17.9 Å². The quantitative estimate of drug-likeness (QED) is 0.397. The molecule has 150 valence electrons. The summed E-state index contributed by atoms with van der Waals surface area (Å²) < 4.78 is 14.5. The molecule has 3 aromatic rings. The summed E-state index contributed by atoms with van der Waals surface area (Å²) in [6, 6.07) is 12.4. The summed E-state index contributed by atoms with van der Waals surface area (Å²) in [6.07, 6.45) is 0.800. The highest BCUT2D eigenvalue weighted by atomic mass is 79.9. The van der Waals surface area contributed by atoms with Crippen molar-refractivity contribution < 1.29 is 14.3 Å². The number of benzene rings is 2. The van der Waals surface area contributed by atoms with E-state index in [4.69, 9.17) is 14.7 Å². The van der Waals surface area contributed by atoms with Gasteiger partial charge in [-0.1, -0.05) is 19.1 Å². The van der Waals surface area contributed by atoms with Crippen LogP contribution in [0.3, 0.4) is 0 Å². The molecule has 8 heteroatoms. The van der Waals surface area contributed by atoms with Crippen LogP contribution in [0.15, 0.2) is 45.7 Å². The summed E-state index contributed by atoms with van der Waals surface area (Å²) >= 11 is 3.32. The lowest BCUT2D eigenvalue weighted by atomic mass is 10.2. The molecule has 0 unspecified atom stereocenters. The predicted molar refractivity (Wildman–Crippen MR) is 112 cm³/mol. The molecule has 0 atom stereocenters. The number of nitrogens with zero attached hydrogens (tertiary/aromatic N) is 3. The number of carbonyl (C=O) groups is 1. The maximum Gasteiger partial charge on any atom is 0.331 e. The van der Waals surface area contributed by atoms with Crippen LogP contribution in [0, 0.1) is 11.3 Å². The number of imidazole rings is 1. The fraction of sp³-hybridized carbons (Fsp3) is 0.286. The molecule has 0 spiro atoms. The molecule has 7 nitrogen and oxygen atoms in total. The van der Waals surface area contributed by atoms with E-state index in [9.17, 15) is 9.59 Å². The van der Waals surface area contributed by atoms with Gasteiger partial charge in [0.15, 0.2) is 11.5 Å². The monoisotopic (exact) mass is 457 g/mol. The Labute approximate surface area is 176 Å². The Morgan fingerprint density at radius 2 is 1.86 bits per heavy atom. The number of halogens is 1. The van der Waals surface area contributed by atoms with Gasteiger partial charge in [-0.05, 0) is 47.5 Å². The molecule has 29 heavy (non-hydrogen) atoms. The second-order valence-electron chi connectivity index (χ2n) is 6.31. The van der Waals surface area contributed by atoms with Gasteiger partial charge in [0.25, 0.3) is 0 Å². The van der Waals surface area contributed by atoms with Crippen LogP contribution in [0.2, 0.25) is 0 Å². The second kappa shape index (κ2) is 8.97. The van der Waals surface area contributed by atoms with Crippen LogP contribution in [0.1, 0.15) is 25.8 Å². The molecule has 0 N–H and O–H groups in total. The van der Waals surface area contributed by atoms with Gasteiger partial charge in [0, 0.05) is 12.6 Å². The molecule has 1 heterocycles. The smallest absolute Gasteiger partial charge is 0.331 e. The maximum absolute atomic E-state index is 12.8. The molecule has 0 aliphatic rings. The summed E-state index contributed by atoms with van der Waals surface area (Å²) in [6.45, 7) is 4.45. The molecular weight excluding hydrogens is 438 g/mol. The van der Waals surface area contributed by atoms with E-state index in [0.29, 0.717) is 28.7 Å². The van der Waals surface area contributed by atoms with Crippen molar-refractivity contribution in [2.45, 2.75) is 33.4 Å². The zero-order valence-electron chi connectivity index (χ0n) is 16.1. The molecular formula is C21H20BrN3O4. The standard InChI is InChI=1S/C21H20BrN3O4/c1-3-9-24-16-7-5-6-8-17(16)25(21(24)27)13-19(26)29-20-15(22)10-14(12-23)11-18(20)28-4-2/h5-8,10-11H,3-4,9,13H2,1-2H3. The minimum Gasteiger partial charge on any atom is -0.490 e. The van der Waals surface area contributed by atoms with Crippen LogP contribution in [0.4, 0.5) is 0 Å². The molecule has 2 aromatic carbocycles. The molecule has 0 aliphatic carbocycles. The average molecular weight is 458 g/mol. The predicted octanol–water partition coefficient (Wildman–Crippen LogP) is 3.85. The molecule has 3 rings (SSSR count). The topological polar surface area (TPSA) is 86.3 Å². The minimum absolute atomic E-state index is 0.182. The van der Waals surface area contributed by atoms with Crippen LogP contribution in [0.5, 0.6) is 11.5 Å². The van der Waals surface area contributed by atoms with Gasteiger partial charge in [-0.2, -0.15) is 5.26 Å². The lowest BCUT2D eigenvalue weighted by Gasteiger charge is -2.13. The Hall–Kier alpha value is -3.05. The third kappa shape index (κ3) is 4.20. The lowest BCUT2D eigenvalue weighted by Crippen LogP contribution is -2.28. The number of aryl methyl sites for hydroxylation is 1. The average Bonchev–Trinajstić information content (AvgIpc) is 2.97. The first-order valence-corrected chi connectivity index (χ1v) is 10.0. The normalized spacial score (nSPS) is 10.7. The first kappa shape index (κ1) is 20.7. The Kier molecular flexibility index (Phi) is 6.39. The number of nitriles is 1. The molecule has 0 aliphatic heterocycles. The Morgan fingerprint density at radius 1 is 1.17 bits per heavy atom. The number of hydrogen-bond acceptors (Lipinski definition) is 5. The number of rotatable bonds is 7. The van der Waals surface area contributed by atoms with Crippen molar-refractivity contribution in [2.75, 3.05) is 6.61 Å². The summed E-state index contributed by atoms with van der Waals surface area (Å²) in [5, 5.41) is 9.12. The zero-order chi connectivity index (χ0) is 21.0. The number of carbonyl (C=O) groups excluding carboxylic acids is 1. The number of esters is 1. The molecule has 0 fully saturated rings. The fourth-order valence-electron chi connectivity index (χ4n) is 3.13. The first-order valence-electron chi connectivity index (χ1n) is 9.25. The summed E-state index contributed by atoms with van der Waals surface area (Å²) in [5.41, 5.74) is 1.57. The number of ether oxygens (including phenoxy) is 2. The van der Waals surface area contributed by atoms with Gasteiger partial charge in [0.2, 0.25) is 0 Å². The number of para-hydroxylation sites is 2. The first-order chi connectivity index (χ1) is 14.0. The maximum atomic E-state index is 12.8. The zero-order valence-corrected chi connectivity index (χ0v) is 17.7. The molecule has 0 bridgehead atoms. The molecule has 0 radical (unpaired) electrons. The lowest BCUT2D eigenvalue weighted by molar-refractivity contribution is -0.135. The van der Waals surface area contributed by atoms with Gasteiger partial charge in [0.1, 0.15) is 6.54 Å². The van der Waals surface area contributed by atoms with Gasteiger partial charge in [-0.25, -0.2) is 9.59 Å². The summed E-state index contributed by atoms with van der Waals surface area (Å²) in [7, 11) is 0. The SMILES string of the molecule is CCCn1c(=O)n(CC(=O)Oc2c(Br)cc(C#N)cc2OCC)c2ccccc21. The van der Waals surface area contributed by atoms with Gasteiger partial charge in [-0.3, -0.25) is 9.13 Å². The third-order valence-corrected chi connectivity index (χ3v) is 4.90. The van der Waals surface area contributed by atoms with Crippen LogP contribution < -0.4 is 15.2 Å². The van der Waals surface area contributed by atoms with Crippen LogP contribution in [-0.4, -0.2) is 21.7 Å². The van der Waals surface area contributed by atoms with Crippen molar-refractivity contribution in [3.63, 3.8) is 0 Å². The van der Waals surface area contributed by atoms with E-state index in [1.807, 2.05) is 31.2 Å². The Morgan fingerprint density at radius 3 is 2.48 bits per heavy atom. The van der Waals surface area contributed by atoms with Crippen molar-refractivity contribution in [1.82, 2.24) is 9.13 Å². The second-order valence-corrected chi connectivity index (χ2v) is 7.17. The van der Waals surface area contributed by atoms with Crippen molar-refractivity contribution in [2.24, 2.45) is 0 Å². The summed E-state index contributed by atoms with van der Waals surface area (Å²) in [5.74, 6) is -0.147. The van der Waals surface area contributed by atoms with Gasteiger partial charge >= 0.3 is 11.7 Å². The Balaban J connectivity index is 1.94. The molecule has 0 saturated carbocycles. The van der Waals surface area contributed by atoms with E-state index in [1.165, 1.54) is 10.6 Å². The molecule has 1 aromatic heterocycles. The van der Waals surface area contributed by atoms with Crippen molar-refractivity contribution in [3.05, 3.63) is 56.9 Å². The van der Waals surface area contributed by atoms with E-state index in [0.717, 1.165) is 11.9 Å². The van der Waals surface area contributed by atoms with E-state index in [-0.39, 0.29) is 23.7 Å². The number of fused-ring (bicyclic) bond motifs is 1. The highest BCUT2D eigenvalue weighted by Crippen LogP contribution is 2.37. The fourth-order valence-corrected chi connectivity index (χ4v) is 3.66. The number of hydrogen-bond donors (Lipinski definition) is 0. The molecule has 0 amide bonds. The van der Waals surface area contributed by atoms with Gasteiger partial charge in [-0.15, -0.1) is 0 Å². The van der Waals surface area contributed by atoms with Crippen molar-refractivity contribution in [3.8, 4) is 17.6 Å². The van der Waals surface area contributed by atoms with Crippen LogP contribution in [0.25, 0.3) is 11.0 Å². The van der Waals surface area contributed by atoms with Crippen molar-refractivity contribution in [1.29, 1.82) is 5.26 Å². The van der Waals surface area contributed by atoms with E-state index < -0.39 is 5.97 Å². The Bertz CT molecular complexity index is 1160. The third-order valence-electron chi connectivity index (χ3n) is 4.31. The number of aromatic nitrogens is 2. The minimum atomic E-state index is -0.613. The van der Waals surface area contributed by atoms with Gasteiger partial charge < -0.3 is 9.47 Å². The van der Waals surface area contributed by atoms with E-state index >= 15 is 0 Å². The summed E-state index contributed by atoms with van der Waals surface area (Å²) in [4.78, 5) is 25.5. The van der Waals surface area contributed by atoms with Crippen molar-refractivity contribution >= 4 is 32.9 Å². The van der Waals surface area contributed by atoms with Crippen LogP contribution >= 0.6 is 15.9 Å². The largest absolute Gasteiger partial charge is 0.490 e. The highest BCUT2D eigenvalue weighted by Gasteiger charge is 2.19.